The van der Waals surface area contributed by atoms with Gasteiger partial charge in [0.05, 0.1) is 0 Å². The molecule has 2 heterocycles. The van der Waals surface area contributed by atoms with Gasteiger partial charge in [-0.2, -0.15) is 0 Å². The van der Waals surface area contributed by atoms with Crippen LogP contribution in [0.5, 0.6) is 5.75 Å². The molecular weight excluding hydrogens is 438 g/mol. The first-order valence-electron chi connectivity index (χ1n) is 12.2. The van der Waals surface area contributed by atoms with E-state index in [4.69, 9.17) is 15.5 Å². The monoisotopic (exact) mass is 469 g/mol. The van der Waals surface area contributed by atoms with E-state index in [9.17, 15) is 4.79 Å². The largest absolute Gasteiger partial charge is 0.489 e. The lowest BCUT2D eigenvalue weighted by molar-refractivity contribution is -0.119. The van der Waals surface area contributed by atoms with Crippen LogP contribution in [0.3, 0.4) is 0 Å². The van der Waals surface area contributed by atoms with Crippen LogP contribution in [-0.4, -0.2) is 26.8 Å². The molecule has 2 aromatic heterocycles. The summed E-state index contributed by atoms with van der Waals surface area (Å²) in [5.74, 6) is 3.17. The highest BCUT2D eigenvalue weighted by atomic mass is 16.5. The Balaban J connectivity index is 1.40. The number of nitrogen functional groups attached to an aromatic ring is 1. The summed E-state index contributed by atoms with van der Waals surface area (Å²) in [7, 11) is 0. The van der Waals surface area contributed by atoms with Crippen LogP contribution in [0.25, 0.3) is 16.8 Å². The van der Waals surface area contributed by atoms with E-state index in [1.54, 1.807) is 13.1 Å². The van der Waals surface area contributed by atoms with Gasteiger partial charge in [0.1, 0.15) is 35.2 Å². The van der Waals surface area contributed by atoms with E-state index in [0.717, 1.165) is 66.1 Å². The summed E-state index contributed by atoms with van der Waals surface area (Å²) in [4.78, 5) is 20.7. The Morgan fingerprint density at radius 3 is 2.69 bits per heavy atom. The molecule has 7 nitrogen and oxygen atoms in total. The van der Waals surface area contributed by atoms with Crippen molar-refractivity contribution in [1.29, 1.82) is 0 Å². The minimum atomic E-state index is 0.0361. The second-order valence-corrected chi connectivity index (χ2v) is 9.31. The summed E-state index contributed by atoms with van der Waals surface area (Å²) < 4.78 is 8.16. The van der Waals surface area contributed by atoms with E-state index in [1.165, 1.54) is 0 Å². The molecule has 7 heteroatoms. The lowest BCUT2D eigenvalue weighted by Gasteiger charge is -2.27. The summed E-state index contributed by atoms with van der Waals surface area (Å²) in [6, 6.07) is 18.1. The third-order valence-electron chi connectivity index (χ3n) is 6.82. The molecule has 0 bridgehead atoms. The van der Waals surface area contributed by atoms with Gasteiger partial charge in [0.15, 0.2) is 0 Å². The Morgan fingerprint density at radius 2 is 1.91 bits per heavy atom. The first-order valence-corrected chi connectivity index (χ1v) is 12.2. The third kappa shape index (κ3) is 5.14. The molecule has 1 amide bonds. The zero-order valence-corrected chi connectivity index (χ0v) is 20.0. The predicted molar refractivity (Wildman–Crippen MR) is 137 cm³/mol. The molecule has 35 heavy (non-hydrogen) atoms. The maximum atomic E-state index is 11.3. The lowest BCUT2D eigenvalue weighted by Crippen LogP contribution is -2.29. The molecular formula is C28H31N5O2. The number of rotatable bonds is 7. The van der Waals surface area contributed by atoms with E-state index >= 15 is 0 Å². The molecule has 0 aliphatic heterocycles. The molecule has 0 spiro atoms. The SMILES string of the molecule is CC(=O)NC[C@H]1CC[C@H](c2nc(-c3cccc(OCc4ccccc4)c3)c3c(N)nccn32)CC1. The van der Waals surface area contributed by atoms with E-state index in [-0.39, 0.29) is 5.91 Å². The van der Waals surface area contributed by atoms with Gasteiger partial charge in [-0.3, -0.25) is 9.20 Å². The summed E-state index contributed by atoms with van der Waals surface area (Å²) in [5.41, 5.74) is 10.1. The number of carbonyl (C=O) groups excluding carboxylic acids is 1. The number of hydrogen-bond donors (Lipinski definition) is 2. The van der Waals surface area contributed by atoms with Gasteiger partial charge >= 0.3 is 0 Å². The molecule has 0 atom stereocenters. The normalized spacial score (nSPS) is 17.9. The molecule has 1 fully saturated rings. The van der Waals surface area contributed by atoms with Crippen molar-refractivity contribution in [2.24, 2.45) is 5.92 Å². The van der Waals surface area contributed by atoms with Crippen molar-refractivity contribution in [2.75, 3.05) is 12.3 Å². The molecule has 3 N–H and O–H groups in total. The van der Waals surface area contributed by atoms with Gasteiger partial charge in [-0.15, -0.1) is 0 Å². The van der Waals surface area contributed by atoms with Gasteiger partial charge < -0.3 is 15.8 Å². The third-order valence-corrected chi connectivity index (χ3v) is 6.82. The Labute approximate surface area is 205 Å². The fraction of sp³-hybridized carbons (Fsp3) is 0.321. The number of fused-ring (bicyclic) bond motifs is 1. The number of aromatic nitrogens is 3. The Bertz CT molecular complexity index is 1310. The first kappa shape index (κ1) is 22.9. The van der Waals surface area contributed by atoms with E-state index in [0.29, 0.717) is 24.3 Å². The summed E-state index contributed by atoms with van der Waals surface area (Å²) in [6.45, 7) is 2.83. The van der Waals surface area contributed by atoms with Crippen molar-refractivity contribution < 1.29 is 9.53 Å². The molecule has 1 saturated carbocycles. The van der Waals surface area contributed by atoms with E-state index < -0.39 is 0 Å². The average molecular weight is 470 g/mol. The van der Waals surface area contributed by atoms with Crippen LogP contribution in [0.4, 0.5) is 5.82 Å². The molecule has 1 aliphatic carbocycles. The van der Waals surface area contributed by atoms with Gasteiger partial charge in [0, 0.05) is 37.3 Å². The van der Waals surface area contributed by atoms with Crippen LogP contribution in [-0.2, 0) is 11.4 Å². The maximum absolute atomic E-state index is 11.3. The minimum Gasteiger partial charge on any atom is -0.489 e. The van der Waals surface area contributed by atoms with Gasteiger partial charge in [0.2, 0.25) is 5.91 Å². The van der Waals surface area contributed by atoms with Crippen molar-refractivity contribution in [1.82, 2.24) is 19.7 Å². The lowest BCUT2D eigenvalue weighted by atomic mass is 9.81. The quantitative estimate of drug-likeness (QED) is 0.399. The molecule has 4 aromatic rings. The Kier molecular flexibility index (Phi) is 6.66. The van der Waals surface area contributed by atoms with Crippen LogP contribution in [0.1, 0.15) is 49.9 Å². The summed E-state index contributed by atoms with van der Waals surface area (Å²) >= 11 is 0. The Hall–Kier alpha value is -3.87. The molecule has 180 valence electrons. The van der Waals surface area contributed by atoms with E-state index in [1.807, 2.05) is 48.7 Å². The van der Waals surface area contributed by atoms with E-state index in [2.05, 4.69) is 26.8 Å². The number of ether oxygens (including phenoxy) is 1. The zero-order chi connectivity index (χ0) is 24.2. The number of nitrogens with one attached hydrogen (secondary N) is 1. The second-order valence-electron chi connectivity index (χ2n) is 9.31. The van der Waals surface area contributed by atoms with Crippen LogP contribution in [0.2, 0.25) is 0 Å². The number of benzene rings is 2. The molecule has 0 saturated heterocycles. The van der Waals surface area contributed by atoms with Gasteiger partial charge in [-0.1, -0.05) is 42.5 Å². The zero-order valence-electron chi connectivity index (χ0n) is 20.0. The molecule has 0 unspecified atom stereocenters. The van der Waals surface area contributed by atoms with Crippen LogP contribution in [0.15, 0.2) is 67.0 Å². The maximum Gasteiger partial charge on any atom is 0.216 e. The predicted octanol–water partition coefficient (Wildman–Crippen LogP) is 4.97. The van der Waals surface area contributed by atoms with Crippen LogP contribution < -0.4 is 15.8 Å². The van der Waals surface area contributed by atoms with Crippen molar-refractivity contribution in [3.05, 3.63) is 78.4 Å². The topological polar surface area (TPSA) is 94.5 Å². The number of anilines is 1. The number of nitrogens with zero attached hydrogens (tertiary/aromatic N) is 3. The average Bonchev–Trinajstić information content (AvgIpc) is 3.28. The number of amides is 1. The molecule has 2 aromatic carbocycles. The highest BCUT2D eigenvalue weighted by molar-refractivity contribution is 5.85. The number of hydrogen-bond acceptors (Lipinski definition) is 5. The van der Waals surface area contributed by atoms with Gasteiger partial charge in [-0.05, 0) is 49.3 Å². The number of imidazole rings is 1. The second kappa shape index (κ2) is 10.2. The molecule has 0 radical (unpaired) electrons. The number of carbonyl (C=O) groups is 1. The molecule has 5 rings (SSSR count). The van der Waals surface area contributed by atoms with Crippen LogP contribution >= 0.6 is 0 Å². The number of nitrogens with two attached hydrogens (primary N) is 1. The minimum absolute atomic E-state index is 0.0361. The van der Waals surface area contributed by atoms with Gasteiger partial charge in [-0.25, -0.2) is 9.97 Å². The fourth-order valence-electron chi connectivity index (χ4n) is 4.96. The summed E-state index contributed by atoms with van der Waals surface area (Å²) in [6.07, 6.45) is 7.89. The standard InChI is InChI=1S/C28H31N5O2/c1-19(34)31-17-20-10-12-22(13-11-20)28-32-25(26-27(29)30-14-15-33(26)28)23-8-5-9-24(16-23)35-18-21-6-3-2-4-7-21/h2-9,14-16,20,22H,10-13,17-18H2,1H3,(H2,29,30)(H,31,34)/t20-,22-. The fourth-order valence-corrected chi connectivity index (χ4v) is 4.96. The van der Waals surface area contributed by atoms with Crippen molar-refractivity contribution in [3.63, 3.8) is 0 Å². The van der Waals surface area contributed by atoms with Gasteiger partial charge in [0.25, 0.3) is 0 Å². The van der Waals surface area contributed by atoms with Crippen molar-refractivity contribution in [2.45, 2.75) is 45.1 Å². The highest BCUT2D eigenvalue weighted by Gasteiger charge is 2.27. The summed E-state index contributed by atoms with van der Waals surface area (Å²) in [5, 5.41) is 2.96. The smallest absolute Gasteiger partial charge is 0.216 e. The van der Waals surface area contributed by atoms with Crippen molar-refractivity contribution in [3.8, 4) is 17.0 Å². The first-order chi connectivity index (χ1) is 17.1. The van der Waals surface area contributed by atoms with Crippen molar-refractivity contribution >= 4 is 17.2 Å². The Morgan fingerprint density at radius 1 is 1.11 bits per heavy atom. The van der Waals surface area contributed by atoms with Crippen LogP contribution in [0, 0.1) is 5.92 Å². The molecule has 1 aliphatic rings. The highest BCUT2D eigenvalue weighted by Crippen LogP contribution is 2.38.